The van der Waals surface area contributed by atoms with Gasteiger partial charge in [-0.1, -0.05) is 35.0 Å². The predicted molar refractivity (Wildman–Crippen MR) is 135 cm³/mol. The molecule has 0 saturated carbocycles. The molecule has 188 valence electrons. The number of nitrogens with one attached hydrogen (secondary N) is 1. The van der Waals surface area contributed by atoms with Gasteiger partial charge in [-0.25, -0.2) is 9.97 Å². The molecule has 3 heterocycles. The number of carbonyl (C=O) groups excluding carboxylic acids is 1. The zero-order valence-electron chi connectivity index (χ0n) is 20.4. The second kappa shape index (κ2) is 9.07. The number of alkyl halides is 2. The van der Waals surface area contributed by atoms with Crippen LogP contribution in [0, 0.1) is 0 Å². The number of carbonyl (C=O) groups is 1. The van der Waals surface area contributed by atoms with Gasteiger partial charge in [0, 0.05) is 54.2 Å². The Kier molecular flexibility index (Phi) is 6.36. The van der Waals surface area contributed by atoms with Crippen molar-refractivity contribution >= 4 is 27.7 Å². The third-order valence-electron chi connectivity index (χ3n) is 7.71. The molecule has 1 aliphatic carbocycles. The van der Waals surface area contributed by atoms with Gasteiger partial charge < -0.3 is 15.1 Å². The molecule has 1 aromatic carbocycles. The van der Waals surface area contributed by atoms with Crippen molar-refractivity contribution in [2.75, 3.05) is 31.1 Å². The molecule has 6 nitrogen and oxygen atoms in total. The third kappa shape index (κ3) is 4.69. The Morgan fingerprint density at radius 3 is 2.46 bits per heavy atom. The van der Waals surface area contributed by atoms with Gasteiger partial charge in [-0.3, -0.25) is 4.79 Å². The monoisotopic (exact) mass is 547 g/mol. The number of amides is 1. The molecule has 35 heavy (non-hydrogen) atoms. The minimum absolute atomic E-state index is 0.00338. The first kappa shape index (κ1) is 24.6. The highest BCUT2D eigenvalue weighted by atomic mass is 79.9. The summed E-state index contributed by atoms with van der Waals surface area (Å²) < 4.78 is 29.8. The molecule has 1 aromatic heterocycles. The standard InChI is InChI=1S/C26H32BrF2N5O/c1-16-14-26(28,29)22-20(16)23(31-15-30-22)33-10-12-34(13-11-33)24(35)21(17-4-6-18(27)7-5-17)19-8-9-25(2,3)32-19/h4-7,15-16,19,21,32H,8-14H2,1-3H3. The van der Waals surface area contributed by atoms with Crippen molar-refractivity contribution in [3.8, 4) is 0 Å². The van der Waals surface area contributed by atoms with Crippen LogP contribution in [-0.4, -0.2) is 58.5 Å². The lowest BCUT2D eigenvalue weighted by atomic mass is 9.89. The van der Waals surface area contributed by atoms with E-state index in [0.29, 0.717) is 37.6 Å². The van der Waals surface area contributed by atoms with Gasteiger partial charge in [0.25, 0.3) is 5.92 Å². The first-order chi connectivity index (χ1) is 16.6. The number of fused-ring (bicyclic) bond motifs is 1. The predicted octanol–water partition coefficient (Wildman–Crippen LogP) is 4.80. The van der Waals surface area contributed by atoms with Crippen molar-refractivity contribution in [2.45, 2.75) is 69.4 Å². The lowest BCUT2D eigenvalue weighted by molar-refractivity contribution is -0.133. The van der Waals surface area contributed by atoms with E-state index < -0.39 is 5.92 Å². The van der Waals surface area contributed by atoms with E-state index in [-0.39, 0.29) is 41.4 Å². The highest BCUT2D eigenvalue weighted by molar-refractivity contribution is 9.10. The van der Waals surface area contributed by atoms with Crippen molar-refractivity contribution in [3.05, 3.63) is 51.9 Å². The van der Waals surface area contributed by atoms with Gasteiger partial charge in [0.05, 0.1) is 5.92 Å². The van der Waals surface area contributed by atoms with E-state index in [9.17, 15) is 13.6 Å². The lowest BCUT2D eigenvalue weighted by Gasteiger charge is -2.39. The summed E-state index contributed by atoms with van der Waals surface area (Å²) in [5.41, 5.74) is 1.44. The topological polar surface area (TPSA) is 61.4 Å². The number of anilines is 1. The minimum Gasteiger partial charge on any atom is -0.353 e. The molecule has 2 fully saturated rings. The largest absolute Gasteiger partial charge is 0.353 e. The van der Waals surface area contributed by atoms with E-state index in [0.717, 1.165) is 22.9 Å². The van der Waals surface area contributed by atoms with E-state index in [1.807, 2.05) is 41.0 Å². The maximum absolute atomic E-state index is 14.4. The molecule has 3 aliphatic rings. The van der Waals surface area contributed by atoms with Crippen LogP contribution in [0.1, 0.15) is 68.7 Å². The zero-order valence-corrected chi connectivity index (χ0v) is 22.0. The number of aromatic nitrogens is 2. The fourth-order valence-electron chi connectivity index (χ4n) is 5.93. The molecule has 0 bridgehead atoms. The number of rotatable bonds is 4. The molecular formula is C26H32BrF2N5O. The van der Waals surface area contributed by atoms with Crippen molar-refractivity contribution in [2.24, 2.45) is 0 Å². The van der Waals surface area contributed by atoms with Gasteiger partial charge in [-0.15, -0.1) is 0 Å². The van der Waals surface area contributed by atoms with Crippen LogP contribution in [0.4, 0.5) is 14.6 Å². The normalized spacial score (nSPS) is 26.0. The highest BCUT2D eigenvalue weighted by Gasteiger charge is 2.47. The average molecular weight is 548 g/mol. The van der Waals surface area contributed by atoms with Crippen LogP contribution in [0.2, 0.25) is 0 Å². The summed E-state index contributed by atoms with van der Waals surface area (Å²) in [5, 5.41) is 3.68. The molecule has 0 spiro atoms. The average Bonchev–Trinajstić information content (AvgIpc) is 3.30. The molecule has 3 unspecified atom stereocenters. The highest BCUT2D eigenvalue weighted by Crippen LogP contribution is 2.49. The van der Waals surface area contributed by atoms with Gasteiger partial charge in [0.15, 0.2) is 0 Å². The fraction of sp³-hybridized carbons (Fsp3) is 0.577. The number of hydrogen-bond acceptors (Lipinski definition) is 5. The van der Waals surface area contributed by atoms with E-state index in [4.69, 9.17) is 0 Å². The quantitative estimate of drug-likeness (QED) is 0.595. The minimum atomic E-state index is -2.91. The van der Waals surface area contributed by atoms with Gasteiger partial charge in [0.2, 0.25) is 5.91 Å². The van der Waals surface area contributed by atoms with E-state index >= 15 is 0 Å². The van der Waals surface area contributed by atoms with Gasteiger partial charge in [-0.05, 0) is 50.3 Å². The number of hydrogen-bond donors (Lipinski definition) is 1. The van der Waals surface area contributed by atoms with Crippen LogP contribution in [0.5, 0.6) is 0 Å². The number of benzene rings is 1. The van der Waals surface area contributed by atoms with E-state index in [2.05, 4.69) is 45.1 Å². The maximum atomic E-state index is 14.4. The number of halogens is 3. The van der Waals surface area contributed by atoms with Gasteiger partial charge in [0.1, 0.15) is 17.8 Å². The van der Waals surface area contributed by atoms with Crippen LogP contribution in [0.25, 0.3) is 0 Å². The van der Waals surface area contributed by atoms with Crippen LogP contribution in [-0.2, 0) is 10.7 Å². The first-order valence-electron chi connectivity index (χ1n) is 12.4. The second-order valence-electron chi connectivity index (χ2n) is 10.8. The van der Waals surface area contributed by atoms with Crippen LogP contribution in [0.15, 0.2) is 35.1 Å². The first-order valence-corrected chi connectivity index (χ1v) is 13.2. The van der Waals surface area contributed by atoms with E-state index in [1.165, 1.54) is 6.33 Å². The van der Waals surface area contributed by atoms with Crippen molar-refractivity contribution < 1.29 is 13.6 Å². The molecule has 5 rings (SSSR count). The Bertz CT molecular complexity index is 1100. The van der Waals surface area contributed by atoms with Crippen LogP contribution < -0.4 is 10.2 Å². The Hall–Kier alpha value is -2.13. The van der Waals surface area contributed by atoms with Gasteiger partial charge >= 0.3 is 0 Å². The number of piperazine rings is 1. The second-order valence-corrected chi connectivity index (χ2v) is 11.7. The fourth-order valence-corrected chi connectivity index (χ4v) is 6.20. The SMILES string of the molecule is CC1CC(F)(F)c2ncnc(N3CCN(C(=O)C(c4ccc(Br)cc4)C4CCC(C)(C)N4)CC3)c21. The summed E-state index contributed by atoms with van der Waals surface area (Å²) in [4.78, 5) is 26.2. The summed E-state index contributed by atoms with van der Waals surface area (Å²) in [5.74, 6) is -2.76. The molecule has 2 aromatic rings. The van der Waals surface area contributed by atoms with Gasteiger partial charge in [-0.2, -0.15) is 8.78 Å². The van der Waals surface area contributed by atoms with Crippen molar-refractivity contribution in [3.63, 3.8) is 0 Å². The lowest BCUT2D eigenvalue weighted by Crippen LogP contribution is -2.53. The zero-order chi connectivity index (χ0) is 25.0. The summed E-state index contributed by atoms with van der Waals surface area (Å²) in [6.45, 7) is 8.36. The third-order valence-corrected chi connectivity index (χ3v) is 8.24. The summed E-state index contributed by atoms with van der Waals surface area (Å²) >= 11 is 3.50. The Balaban J connectivity index is 1.34. The molecule has 2 aliphatic heterocycles. The maximum Gasteiger partial charge on any atom is 0.290 e. The molecule has 0 radical (unpaired) electrons. The summed E-state index contributed by atoms with van der Waals surface area (Å²) in [7, 11) is 0. The van der Waals surface area contributed by atoms with Crippen molar-refractivity contribution in [1.82, 2.24) is 20.2 Å². The van der Waals surface area contributed by atoms with Crippen molar-refractivity contribution in [1.29, 1.82) is 0 Å². The van der Waals surface area contributed by atoms with E-state index in [1.54, 1.807) is 0 Å². The molecule has 1 N–H and O–H groups in total. The molecule has 3 atom stereocenters. The Labute approximate surface area is 213 Å². The smallest absolute Gasteiger partial charge is 0.290 e. The van der Waals surface area contributed by atoms with Crippen LogP contribution in [0.3, 0.4) is 0 Å². The Morgan fingerprint density at radius 1 is 1.14 bits per heavy atom. The Morgan fingerprint density at radius 2 is 1.83 bits per heavy atom. The molecule has 9 heteroatoms. The summed E-state index contributed by atoms with van der Waals surface area (Å²) in [6, 6.07) is 8.11. The summed E-state index contributed by atoms with van der Waals surface area (Å²) in [6.07, 6.45) is 2.98. The molecule has 1 amide bonds. The molecule has 2 saturated heterocycles. The molecular weight excluding hydrogens is 516 g/mol. The number of nitrogens with zero attached hydrogens (tertiary/aromatic N) is 4. The van der Waals surface area contributed by atoms with Crippen LogP contribution >= 0.6 is 15.9 Å².